The van der Waals surface area contributed by atoms with E-state index in [4.69, 9.17) is 13.6 Å². The maximum atomic E-state index is 12.7. The summed E-state index contributed by atoms with van der Waals surface area (Å²) in [5.74, 6) is 0.570. The Kier molecular flexibility index (Phi) is 5.55. The molecule has 0 spiro atoms. The van der Waals surface area contributed by atoms with Crippen molar-refractivity contribution in [2.75, 3.05) is 13.7 Å². The van der Waals surface area contributed by atoms with E-state index in [1.54, 1.807) is 13.4 Å². The van der Waals surface area contributed by atoms with Crippen LogP contribution in [0, 0.1) is 20.8 Å². The average molecular weight is 419 g/mol. The normalized spacial score (nSPS) is 11.2. The second-order valence-electron chi connectivity index (χ2n) is 7.79. The van der Waals surface area contributed by atoms with Gasteiger partial charge in [0.1, 0.15) is 16.9 Å². The monoisotopic (exact) mass is 419 g/mol. The Hall–Kier alpha value is -3.54. The van der Waals surface area contributed by atoms with Gasteiger partial charge in [0.2, 0.25) is 5.91 Å². The number of furan rings is 1. The number of benzene rings is 2. The topological polar surface area (TPSA) is 81.7 Å². The lowest BCUT2D eigenvalue weighted by atomic mass is 9.99. The van der Waals surface area contributed by atoms with E-state index < -0.39 is 5.63 Å². The standard InChI is InChI=1S/C25H25NO5/c1-14-13-30-23-16(3)24-20(11-19(14)23)15(2)21(25(28)31-24)12-22(27)26-9-8-17-6-5-7-18(10-17)29-4/h5-7,10-11,13H,8-9,12H2,1-4H3,(H,26,27). The van der Waals surface area contributed by atoms with E-state index in [0.717, 1.165) is 44.4 Å². The van der Waals surface area contributed by atoms with Crippen LogP contribution in [0.25, 0.3) is 21.9 Å². The summed E-state index contributed by atoms with van der Waals surface area (Å²) >= 11 is 0. The van der Waals surface area contributed by atoms with Crippen molar-refractivity contribution in [1.29, 1.82) is 0 Å². The van der Waals surface area contributed by atoms with Gasteiger partial charge in [-0.05, 0) is 62.1 Å². The minimum Gasteiger partial charge on any atom is -0.497 e. The summed E-state index contributed by atoms with van der Waals surface area (Å²) in [6.07, 6.45) is 2.34. The molecule has 0 saturated carbocycles. The predicted octanol–water partition coefficient (Wildman–Crippen LogP) is 4.37. The minimum absolute atomic E-state index is 0.0241. The molecule has 2 heterocycles. The van der Waals surface area contributed by atoms with E-state index in [0.29, 0.717) is 24.1 Å². The number of hydrogen-bond acceptors (Lipinski definition) is 5. The summed E-state index contributed by atoms with van der Waals surface area (Å²) in [7, 11) is 1.62. The quantitative estimate of drug-likeness (QED) is 0.469. The second-order valence-corrected chi connectivity index (χ2v) is 7.79. The van der Waals surface area contributed by atoms with Crippen LogP contribution in [-0.4, -0.2) is 19.6 Å². The first-order valence-corrected chi connectivity index (χ1v) is 10.2. The summed E-state index contributed by atoms with van der Waals surface area (Å²) in [6, 6.07) is 9.69. The zero-order valence-corrected chi connectivity index (χ0v) is 18.1. The van der Waals surface area contributed by atoms with Gasteiger partial charge in [0.15, 0.2) is 0 Å². The van der Waals surface area contributed by atoms with Crippen LogP contribution in [0.5, 0.6) is 5.75 Å². The van der Waals surface area contributed by atoms with Crippen LogP contribution in [0.15, 0.2) is 50.2 Å². The largest absolute Gasteiger partial charge is 0.497 e. The van der Waals surface area contributed by atoms with Crippen LogP contribution in [0.1, 0.15) is 27.8 Å². The highest BCUT2D eigenvalue weighted by Gasteiger charge is 2.19. The molecule has 0 aliphatic carbocycles. The fraction of sp³-hybridized carbons (Fsp3) is 0.280. The summed E-state index contributed by atoms with van der Waals surface area (Å²) in [4.78, 5) is 25.2. The van der Waals surface area contributed by atoms with E-state index >= 15 is 0 Å². The van der Waals surface area contributed by atoms with Crippen LogP contribution >= 0.6 is 0 Å². The number of hydrogen-bond donors (Lipinski definition) is 1. The molecule has 0 aliphatic heterocycles. The molecular weight excluding hydrogens is 394 g/mol. The Morgan fingerprint density at radius 2 is 1.87 bits per heavy atom. The maximum absolute atomic E-state index is 12.7. The Labute approximate surface area is 179 Å². The fourth-order valence-corrected chi connectivity index (χ4v) is 3.92. The number of ether oxygens (including phenoxy) is 1. The third-order valence-electron chi connectivity index (χ3n) is 5.74. The molecule has 6 heteroatoms. The van der Waals surface area contributed by atoms with E-state index in [-0.39, 0.29) is 12.3 Å². The van der Waals surface area contributed by atoms with Crippen molar-refractivity contribution in [3.63, 3.8) is 0 Å². The van der Waals surface area contributed by atoms with Gasteiger partial charge in [0.05, 0.1) is 25.4 Å². The van der Waals surface area contributed by atoms with Gasteiger partial charge in [-0.25, -0.2) is 4.79 Å². The molecule has 4 rings (SSSR count). The first kappa shape index (κ1) is 20.7. The molecule has 160 valence electrons. The molecular formula is C25H25NO5. The molecule has 0 radical (unpaired) electrons. The van der Waals surface area contributed by atoms with Crippen molar-refractivity contribution in [3.05, 3.63) is 74.8 Å². The molecule has 1 N–H and O–H groups in total. The van der Waals surface area contributed by atoms with Crippen molar-refractivity contribution in [3.8, 4) is 5.75 Å². The van der Waals surface area contributed by atoms with Crippen LogP contribution in [0.3, 0.4) is 0 Å². The second kappa shape index (κ2) is 8.30. The van der Waals surface area contributed by atoms with Crippen molar-refractivity contribution >= 4 is 27.8 Å². The van der Waals surface area contributed by atoms with Crippen LogP contribution in [0.4, 0.5) is 0 Å². The van der Waals surface area contributed by atoms with E-state index in [1.165, 1.54) is 0 Å². The van der Waals surface area contributed by atoms with Crippen molar-refractivity contribution in [1.82, 2.24) is 5.32 Å². The van der Waals surface area contributed by atoms with Gasteiger partial charge in [0, 0.05) is 22.9 Å². The summed E-state index contributed by atoms with van der Waals surface area (Å²) in [5, 5.41) is 4.70. The number of carbonyl (C=O) groups excluding carboxylic acids is 1. The Bertz CT molecular complexity index is 1350. The Morgan fingerprint density at radius 3 is 2.65 bits per heavy atom. The van der Waals surface area contributed by atoms with Crippen molar-refractivity contribution in [2.45, 2.75) is 33.6 Å². The van der Waals surface area contributed by atoms with Crippen molar-refractivity contribution in [2.24, 2.45) is 0 Å². The SMILES string of the molecule is COc1cccc(CCNC(=O)Cc2c(C)c3cc4c(C)coc4c(C)c3oc2=O)c1. The zero-order chi connectivity index (χ0) is 22.1. The first-order valence-electron chi connectivity index (χ1n) is 10.2. The minimum atomic E-state index is -0.487. The lowest BCUT2D eigenvalue weighted by Crippen LogP contribution is -2.29. The first-order chi connectivity index (χ1) is 14.9. The lowest BCUT2D eigenvalue weighted by Gasteiger charge is -2.11. The highest BCUT2D eigenvalue weighted by Crippen LogP contribution is 2.32. The highest BCUT2D eigenvalue weighted by molar-refractivity contribution is 6.00. The third-order valence-corrected chi connectivity index (χ3v) is 5.74. The molecule has 6 nitrogen and oxygen atoms in total. The van der Waals surface area contributed by atoms with Gasteiger partial charge >= 0.3 is 5.63 Å². The molecule has 31 heavy (non-hydrogen) atoms. The molecule has 0 saturated heterocycles. The van der Waals surface area contributed by atoms with Gasteiger partial charge in [-0.3, -0.25) is 4.79 Å². The molecule has 0 bridgehead atoms. The molecule has 4 aromatic rings. The number of nitrogens with one attached hydrogen (secondary N) is 1. The number of methoxy groups -OCH3 is 1. The number of rotatable bonds is 6. The Balaban J connectivity index is 1.55. The average Bonchev–Trinajstić information content (AvgIpc) is 3.13. The van der Waals surface area contributed by atoms with Crippen LogP contribution < -0.4 is 15.7 Å². The summed E-state index contributed by atoms with van der Waals surface area (Å²) in [6.45, 7) is 6.18. The van der Waals surface area contributed by atoms with Crippen LogP contribution in [0.2, 0.25) is 0 Å². The number of carbonyl (C=O) groups is 1. The number of amides is 1. The van der Waals surface area contributed by atoms with Crippen molar-refractivity contribution < 1.29 is 18.4 Å². The van der Waals surface area contributed by atoms with E-state index in [1.807, 2.05) is 51.1 Å². The fourth-order valence-electron chi connectivity index (χ4n) is 3.92. The zero-order valence-electron chi connectivity index (χ0n) is 18.1. The molecule has 0 aliphatic rings. The summed E-state index contributed by atoms with van der Waals surface area (Å²) < 4.78 is 16.5. The molecule has 1 amide bonds. The predicted molar refractivity (Wildman–Crippen MR) is 120 cm³/mol. The third kappa shape index (κ3) is 3.93. The Morgan fingerprint density at radius 1 is 1.06 bits per heavy atom. The van der Waals surface area contributed by atoms with Gasteiger partial charge in [-0.15, -0.1) is 0 Å². The van der Waals surface area contributed by atoms with E-state index in [9.17, 15) is 9.59 Å². The smallest absolute Gasteiger partial charge is 0.340 e. The van der Waals surface area contributed by atoms with E-state index in [2.05, 4.69) is 5.32 Å². The molecule has 0 unspecified atom stereocenters. The maximum Gasteiger partial charge on any atom is 0.340 e. The number of aryl methyl sites for hydroxylation is 3. The van der Waals surface area contributed by atoms with Gasteiger partial charge < -0.3 is 18.9 Å². The molecule has 2 aromatic heterocycles. The summed E-state index contributed by atoms with van der Waals surface area (Å²) in [5.41, 5.74) is 4.75. The molecule has 0 atom stereocenters. The van der Waals surface area contributed by atoms with Gasteiger partial charge in [-0.2, -0.15) is 0 Å². The van der Waals surface area contributed by atoms with Gasteiger partial charge in [-0.1, -0.05) is 12.1 Å². The van der Waals surface area contributed by atoms with Gasteiger partial charge in [0.25, 0.3) is 0 Å². The molecule has 2 aromatic carbocycles. The highest BCUT2D eigenvalue weighted by atomic mass is 16.5. The molecule has 0 fully saturated rings. The number of fused-ring (bicyclic) bond motifs is 2. The lowest BCUT2D eigenvalue weighted by molar-refractivity contribution is -0.120. The van der Waals surface area contributed by atoms with Crippen LogP contribution in [-0.2, 0) is 17.6 Å².